The Kier molecular flexibility index (Phi) is 5.25. The third-order valence-electron chi connectivity index (χ3n) is 2.45. The molecule has 3 nitrogen and oxygen atoms in total. The maximum Gasteiger partial charge on any atom is 0.320 e. The van der Waals surface area contributed by atoms with Crippen molar-refractivity contribution >= 4 is 29.2 Å². The molecule has 1 aromatic carbocycles. The molecule has 0 bridgehead atoms. The molecule has 1 atom stereocenters. The molecular formula is C12H15Cl2NO2. The van der Waals surface area contributed by atoms with Gasteiger partial charge in [0, 0.05) is 16.6 Å². The Hall–Kier alpha value is -0.770. The predicted octanol–water partition coefficient (Wildman–Crippen LogP) is 3.19. The van der Waals surface area contributed by atoms with E-state index in [2.05, 4.69) is 5.32 Å². The zero-order valence-corrected chi connectivity index (χ0v) is 11.2. The monoisotopic (exact) mass is 275 g/mol. The van der Waals surface area contributed by atoms with Crippen LogP contribution in [-0.4, -0.2) is 17.1 Å². The summed E-state index contributed by atoms with van der Waals surface area (Å²) in [7, 11) is 0. The minimum absolute atomic E-state index is 0.00506. The van der Waals surface area contributed by atoms with Crippen LogP contribution in [-0.2, 0) is 11.3 Å². The fourth-order valence-electron chi connectivity index (χ4n) is 1.51. The largest absolute Gasteiger partial charge is 0.480 e. The minimum Gasteiger partial charge on any atom is -0.480 e. The first-order chi connectivity index (χ1) is 7.91. The van der Waals surface area contributed by atoms with E-state index in [0.29, 0.717) is 16.6 Å². The van der Waals surface area contributed by atoms with Crippen molar-refractivity contribution in [2.24, 2.45) is 5.92 Å². The molecule has 0 spiro atoms. The highest BCUT2D eigenvalue weighted by atomic mass is 35.5. The lowest BCUT2D eigenvalue weighted by Gasteiger charge is -2.18. The van der Waals surface area contributed by atoms with Crippen molar-refractivity contribution in [3.63, 3.8) is 0 Å². The predicted molar refractivity (Wildman–Crippen MR) is 69.6 cm³/mol. The quantitative estimate of drug-likeness (QED) is 0.868. The summed E-state index contributed by atoms with van der Waals surface area (Å²) >= 11 is 11.8. The Morgan fingerprint density at radius 3 is 2.59 bits per heavy atom. The molecule has 1 aromatic rings. The van der Waals surface area contributed by atoms with Crippen LogP contribution in [0.2, 0.25) is 10.0 Å². The molecular weight excluding hydrogens is 261 g/mol. The highest BCUT2D eigenvalue weighted by molar-refractivity contribution is 6.33. The van der Waals surface area contributed by atoms with Crippen LogP contribution in [0.3, 0.4) is 0 Å². The van der Waals surface area contributed by atoms with E-state index in [4.69, 9.17) is 28.3 Å². The maximum atomic E-state index is 11.0. The van der Waals surface area contributed by atoms with E-state index in [0.717, 1.165) is 5.56 Å². The number of carboxylic acid groups (broad SMARTS) is 1. The van der Waals surface area contributed by atoms with Gasteiger partial charge in [-0.3, -0.25) is 4.79 Å². The number of halogens is 2. The first-order valence-corrected chi connectivity index (χ1v) is 6.07. The third kappa shape index (κ3) is 4.19. The molecule has 0 saturated carbocycles. The van der Waals surface area contributed by atoms with Crippen molar-refractivity contribution in [3.8, 4) is 0 Å². The summed E-state index contributed by atoms with van der Waals surface area (Å²) in [6, 6.07) is 4.54. The van der Waals surface area contributed by atoms with Gasteiger partial charge in [-0.15, -0.1) is 0 Å². The van der Waals surface area contributed by atoms with Crippen molar-refractivity contribution in [1.82, 2.24) is 5.32 Å². The highest BCUT2D eigenvalue weighted by Crippen LogP contribution is 2.20. The van der Waals surface area contributed by atoms with Crippen LogP contribution >= 0.6 is 23.2 Å². The lowest BCUT2D eigenvalue weighted by Crippen LogP contribution is -2.40. The molecule has 0 amide bonds. The van der Waals surface area contributed by atoms with Crippen LogP contribution in [0.5, 0.6) is 0 Å². The molecule has 1 rings (SSSR count). The molecule has 0 aliphatic heterocycles. The van der Waals surface area contributed by atoms with Crippen LogP contribution in [0.1, 0.15) is 19.4 Å². The molecule has 2 N–H and O–H groups in total. The summed E-state index contributed by atoms with van der Waals surface area (Å²) in [6.45, 7) is 4.09. The van der Waals surface area contributed by atoms with Gasteiger partial charge >= 0.3 is 5.97 Å². The fraction of sp³-hybridized carbons (Fsp3) is 0.417. The van der Waals surface area contributed by atoms with Crippen LogP contribution in [0.4, 0.5) is 0 Å². The van der Waals surface area contributed by atoms with Gasteiger partial charge in [0.2, 0.25) is 0 Å². The van der Waals surface area contributed by atoms with Crippen molar-refractivity contribution in [2.75, 3.05) is 0 Å². The summed E-state index contributed by atoms with van der Waals surface area (Å²) in [6.07, 6.45) is 0. The Labute approximate surface area is 111 Å². The second kappa shape index (κ2) is 6.24. The van der Waals surface area contributed by atoms with E-state index in [1.807, 2.05) is 13.8 Å². The average molecular weight is 276 g/mol. The summed E-state index contributed by atoms with van der Waals surface area (Å²) in [5.74, 6) is -0.858. The van der Waals surface area contributed by atoms with Crippen LogP contribution < -0.4 is 5.32 Å². The van der Waals surface area contributed by atoms with Crippen LogP contribution in [0.25, 0.3) is 0 Å². The Morgan fingerprint density at radius 2 is 2.06 bits per heavy atom. The Balaban J connectivity index is 2.72. The van der Waals surface area contributed by atoms with E-state index in [1.165, 1.54) is 0 Å². The number of aliphatic carboxylic acids is 1. The summed E-state index contributed by atoms with van der Waals surface area (Å²) in [5, 5.41) is 13.1. The van der Waals surface area contributed by atoms with Gasteiger partial charge in [-0.1, -0.05) is 37.0 Å². The first-order valence-electron chi connectivity index (χ1n) is 5.32. The number of rotatable bonds is 5. The van der Waals surface area contributed by atoms with E-state index < -0.39 is 12.0 Å². The van der Waals surface area contributed by atoms with Crippen LogP contribution in [0.15, 0.2) is 18.2 Å². The standard InChI is InChI=1S/C12H15Cl2NO2/c1-7(2)11(12(16)17)15-6-8-5-9(13)3-4-10(8)14/h3-5,7,11,15H,6H2,1-2H3,(H,16,17)/t11-/m1/s1. The molecule has 0 fully saturated rings. The van der Waals surface area contributed by atoms with Gasteiger partial charge in [-0.2, -0.15) is 0 Å². The molecule has 94 valence electrons. The number of nitrogens with one attached hydrogen (secondary N) is 1. The number of hydrogen-bond acceptors (Lipinski definition) is 2. The zero-order valence-electron chi connectivity index (χ0n) is 9.71. The first kappa shape index (κ1) is 14.3. The van der Waals surface area contributed by atoms with Crippen molar-refractivity contribution in [2.45, 2.75) is 26.4 Å². The second-order valence-corrected chi connectivity index (χ2v) is 5.02. The molecule has 0 unspecified atom stereocenters. The van der Waals surface area contributed by atoms with E-state index in [9.17, 15) is 4.79 Å². The van der Waals surface area contributed by atoms with Crippen molar-refractivity contribution in [3.05, 3.63) is 33.8 Å². The summed E-state index contributed by atoms with van der Waals surface area (Å²) in [4.78, 5) is 11.0. The van der Waals surface area contributed by atoms with Gasteiger partial charge in [0.25, 0.3) is 0 Å². The van der Waals surface area contributed by atoms with Gasteiger partial charge in [-0.25, -0.2) is 0 Å². The molecule has 5 heteroatoms. The van der Waals surface area contributed by atoms with Gasteiger partial charge in [0.1, 0.15) is 6.04 Å². The second-order valence-electron chi connectivity index (χ2n) is 4.18. The van der Waals surface area contributed by atoms with Gasteiger partial charge in [0.05, 0.1) is 0 Å². The smallest absolute Gasteiger partial charge is 0.320 e. The minimum atomic E-state index is -0.863. The third-order valence-corrected chi connectivity index (χ3v) is 3.06. The summed E-state index contributed by atoms with van der Waals surface area (Å²) in [5.41, 5.74) is 0.797. The number of benzene rings is 1. The van der Waals surface area contributed by atoms with Crippen molar-refractivity contribution in [1.29, 1.82) is 0 Å². The zero-order chi connectivity index (χ0) is 13.0. The Morgan fingerprint density at radius 1 is 1.41 bits per heavy atom. The van der Waals surface area contributed by atoms with Gasteiger partial charge < -0.3 is 10.4 Å². The maximum absolute atomic E-state index is 11.0. The fourth-order valence-corrected chi connectivity index (χ4v) is 1.89. The molecule has 0 aromatic heterocycles. The van der Waals surface area contributed by atoms with Crippen LogP contribution in [0, 0.1) is 5.92 Å². The Bertz CT molecular complexity index is 407. The highest BCUT2D eigenvalue weighted by Gasteiger charge is 2.20. The van der Waals surface area contributed by atoms with E-state index in [-0.39, 0.29) is 5.92 Å². The van der Waals surface area contributed by atoms with Crippen molar-refractivity contribution < 1.29 is 9.90 Å². The molecule has 0 aliphatic rings. The van der Waals surface area contributed by atoms with Gasteiger partial charge in [0.15, 0.2) is 0 Å². The molecule has 17 heavy (non-hydrogen) atoms. The number of hydrogen-bond donors (Lipinski definition) is 2. The number of carbonyl (C=O) groups is 1. The van der Waals surface area contributed by atoms with E-state index >= 15 is 0 Å². The van der Waals surface area contributed by atoms with Gasteiger partial charge in [-0.05, 0) is 29.7 Å². The number of carboxylic acids is 1. The van der Waals surface area contributed by atoms with E-state index in [1.54, 1.807) is 18.2 Å². The molecule has 0 saturated heterocycles. The topological polar surface area (TPSA) is 49.3 Å². The lowest BCUT2D eigenvalue weighted by molar-refractivity contribution is -0.140. The molecule has 0 aliphatic carbocycles. The lowest BCUT2D eigenvalue weighted by atomic mass is 10.0. The molecule has 0 radical (unpaired) electrons. The molecule has 0 heterocycles. The average Bonchev–Trinajstić information content (AvgIpc) is 2.22. The normalized spacial score (nSPS) is 12.8. The summed E-state index contributed by atoms with van der Waals surface area (Å²) < 4.78 is 0. The SMILES string of the molecule is CC(C)[C@@H](NCc1cc(Cl)ccc1Cl)C(=O)O.